The molecule has 0 spiro atoms. The third-order valence-corrected chi connectivity index (χ3v) is 11.1. The summed E-state index contributed by atoms with van der Waals surface area (Å²) in [6.07, 6.45) is 23.3. The Morgan fingerprint density at radius 2 is 1.21 bits per heavy atom. The van der Waals surface area contributed by atoms with E-state index in [2.05, 4.69) is 12.2 Å². The largest absolute Gasteiger partial charge is 0.384 e. The lowest BCUT2D eigenvalue weighted by Gasteiger charge is -2.67. The Morgan fingerprint density at radius 3 is 1.66 bits per heavy atom. The van der Waals surface area contributed by atoms with E-state index in [1.807, 2.05) is 6.08 Å². The van der Waals surface area contributed by atoms with Gasteiger partial charge in [-0.05, 0) is 124 Å². The van der Waals surface area contributed by atoms with E-state index in [-0.39, 0.29) is 16.7 Å². The second-order valence-corrected chi connectivity index (χ2v) is 12.8. The van der Waals surface area contributed by atoms with Crippen LogP contribution in [0.1, 0.15) is 77.0 Å². The SMILES string of the molecule is O=CC1C=CC=C(C23CC4CC(CC(C4)C2)C3)C1(O)C12CC3CC(CC(C3)C1)C2. The highest BCUT2D eigenvalue weighted by molar-refractivity contribution is 5.64. The fourth-order valence-electron chi connectivity index (χ4n) is 11.1. The van der Waals surface area contributed by atoms with Crippen LogP contribution in [0.25, 0.3) is 0 Å². The van der Waals surface area contributed by atoms with Crippen LogP contribution in [0.4, 0.5) is 0 Å². The Balaban J connectivity index is 1.37. The zero-order chi connectivity index (χ0) is 19.4. The van der Waals surface area contributed by atoms with Crippen molar-refractivity contribution < 1.29 is 9.90 Å². The Bertz CT molecular complexity index is 733. The number of allylic oxidation sites excluding steroid dienone is 2. The molecular formula is C27H36O2. The standard InChI is InChI=1S/C27H36O2/c28-16-23-2-1-3-24(25-10-17-4-18(11-25)6-19(5-17)12-25)27(23,29)26-13-20-7-21(14-26)9-22(8-20)15-26/h1-3,16-23,29H,4-15H2. The van der Waals surface area contributed by atoms with Gasteiger partial charge >= 0.3 is 0 Å². The van der Waals surface area contributed by atoms with Crippen LogP contribution in [0.3, 0.4) is 0 Å². The molecule has 8 saturated carbocycles. The van der Waals surface area contributed by atoms with Crippen LogP contribution >= 0.6 is 0 Å². The van der Waals surface area contributed by atoms with Crippen molar-refractivity contribution in [1.29, 1.82) is 0 Å². The van der Waals surface area contributed by atoms with E-state index < -0.39 is 5.60 Å². The number of aliphatic hydroxyl groups is 1. The Morgan fingerprint density at radius 1 is 0.759 bits per heavy atom. The summed E-state index contributed by atoms with van der Waals surface area (Å²) in [6.45, 7) is 0. The number of hydrogen-bond donors (Lipinski definition) is 1. The van der Waals surface area contributed by atoms with Crippen molar-refractivity contribution in [1.82, 2.24) is 0 Å². The quantitative estimate of drug-likeness (QED) is 0.647. The Labute approximate surface area is 175 Å². The molecule has 29 heavy (non-hydrogen) atoms. The summed E-state index contributed by atoms with van der Waals surface area (Å²) in [6, 6.07) is 0. The first-order valence-electron chi connectivity index (χ1n) is 12.6. The minimum Gasteiger partial charge on any atom is -0.384 e. The van der Waals surface area contributed by atoms with Gasteiger partial charge in [-0.1, -0.05) is 18.2 Å². The fraction of sp³-hybridized carbons (Fsp3) is 0.815. The van der Waals surface area contributed by atoms with Gasteiger partial charge in [0.15, 0.2) is 0 Å². The first kappa shape index (κ1) is 17.8. The predicted molar refractivity (Wildman–Crippen MR) is 113 cm³/mol. The van der Waals surface area contributed by atoms with E-state index >= 15 is 0 Å². The molecule has 0 saturated heterocycles. The van der Waals surface area contributed by atoms with Gasteiger partial charge in [0, 0.05) is 5.41 Å². The van der Waals surface area contributed by atoms with Gasteiger partial charge in [-0.2, -0.15) is 0 Å². The van der Waals surface area contributed by atoms with Gasteiger partial charge in [0.1, 0.15) is 11.9 Å². The molecule has 0 amide bonds. The number of hydrogen-bond acceptors (Lipinski definition) is 2. The number of carbonyl (C=O) groups is 1. The Kier molecular flexibility index (Phi) is 3.47. The van der Waals surface area contributed by atoms with Gasteiger partial charge in [0.2, 0.25) is 0 Å². The number of aldehydes is 1. The molecule has 156 valence electrons. The maximum atomic E-state index is 12.9. The summed E-state index contributed by atoms with van der Waals surface area (Å²) in [5.41, 5.74) is 0.530. The summed E-state index contributed by atoms with van der Waals surface area (Å²) in [5.74, 6) is 4.63. The average Bonchev–Trinajstić information content (AvgIpc) is 2.66. The van der Waals surface area contributed by atoms with Gasteiger partial charge in [0.05, 0.1) is 5.92 Å². The van der Waals surface area contributed by atoms with Gasteiger partial charge < -0.3 is 9.90 Å². The molecule has 0 aromatic rings. The molecule has 0 aliphatic heterocycles. The highest BCUT2D eigenvalue weighted by atomic mass is 16.3. The summed E-state index contributed by atoms with van der Waals surface area (Å²) >= 11 is 0. The maximum absolute atomic E-state index is 12.9. The monoisotopic (exact) mass is 392 g/mol. The smallest absolute Gasteiger partial charge is 0.130 e. The van der Waals surface area contributed by atoms with E-state index in [9.17, 15) is 9.90 Å². The zero-order valence-electron chi connectivity index (χ0n) is 17.7. The topological polar surface area (TPSA) is 37.3 Å². The van der Waals surface area contributed by atoms with Crippen molar-refractivity contribution in [2.75, 3.05) is 0 Å². The van der Waals surface area contributed by atoms with E-state index in [0.717, 1.165) is 41.8 Å². The summed E-state index contributed by atoms with van der Waals surface area (Å²) in [7, 11) is 0. The molecule has 2 atom stereocenters. The van der Waals surface area contributed by atoms with E-state index in [0.29, 0.717) is 0 Å². The van der Waals surface area contributed by atoms with Crippen molar-refractivity contribution in [3.05, 3.63) is 23.8 Å². The molecule has 1 N–H and O–H groups in total. The minimum absolute atomic E-state index is 0.0484. The summed E-state index contributed by atoms with van der Waals surface area (Å²) in [4.78, 5) is 12.4. The summed E-state index contributed by atoms with van der Waals surface area (Å²) < 4.78 is 0. The lowest BCUT2D eigenvalue weighted by Crippen LogP contribution is -2.65. The molecule has 8 bridgehead atoms. The second kappa shape index (κ2) is 5.67. The molecule has 8 fully saturated rings. The first-order valence-corrected chi connectivity index (χ1v) is 12.6. The van der Waals surface area contributed by atoms with Gasteiger partial charge in [-0.25, -0.2) is 0 Å². The molecule has 0 radical (unpaired) electrons. The van der Waals surface area contributed by atoms with Gasteiger partial charge in [-0.3, -0.25) is 0 Å². The molecule has 9 rings (SSSR count). The zero-order valence-corrected chi connectivity index (χ0v) is 17.7. The highest BCUT2D eigenvalue weighted by Gasteiger charge is 2.67. The maximum Gasteiger partial charge on any atom is 0.130 e. The van der Waals surface area contributed by atoms with Crippen molar-refractivity contribution >= 4 is 6.29 Å². The molecule has 2 unspecified atom stereocenters. The highest BCUT2D eigenvalue weighted by Crippen LogP contribution is 2.71. The molecule has 2 nitrogen and oxygen atoms in total. The van der Waals surface area contributed by atoms with E-state index in [1.54, 1.807) is 0 Å². The summed E-state index contributed by atoms with van der Waals surface area (Å²) in [5, 5.41) is 12.9. The fourth-order valence-corrected chi connectivity index (χ4v) is 11.1. The van der Waals surface area contributed by atoms with Crippen LogP contribution in [-0.4, -0.2) is 17.0 Å². The normalized spacial score (nSPS) is 59.2. The number of carbonyl (C=O) groups excluding carboxylic acids is 1. The second-order valence-electron chi connectivity index (χ2n) is 12.8. The van der Waals surface area contributed by atoms with Crippen LogP contribution < -0.4 is 0 Å². The molecule has 2 heteroatoms. The average molecular weight is 393 g/mol. The molecular weight excluding hydrogens is 356 g/mol. The van der Waals surface area contributed by atoms with Crippen LogP contribution in [0.15, 0.2) is 23.8 Å². The lowest BCUT2D eigenvalue weighted by atomic mass is 9.38. The number of rotatable bonds is 3. The molecule has 0 aromatic heterocycles. The van der Waals surface area contributed by atoms with Crippen LogP contribution in [0.2, 0.25) is 0 Å². The molecule has 0 heterocycles. The van der Waals surface area contributed by atoms with Crippen LogP contribution in [0, 0.1) is 52.3 Å². The third kappa shape index (κ3) is 2.20. The molecule has 9 aliphatic carbocycles. The van der Waals surface area contributed by atoms with Crippen LogP contribution in [0.5, 0.6) is 0 Å². The lowest BCUT2D eigenvalue weighted by molar-refractivity contribution is -0.190. The van der Waals surface area contributed by atoms with Crippen LogP contribution in [-0.2, 0) is 4.79 Å². The van der Waals surface area contributed by atoms with Crippen molar-refractivity contribution in [2.24, 2.45) is 52.3 Å². The van der Waals surface area contributed by atoms with E-state index in [1.165, 1.54) is 82.6 Å². The predicted octanol–water partition coefficient (Wildman–Crippen LogP) is 5.46. The molecule has 0 aromatic carbocycles. The minimum atomic E-state index is -0.925. The van der Waals surface area contributed by atoms with Crippen molar-refractivity contribution in [3.63, 3.8) is 0 Å². The van der Waals surface area contributed by atoms with E-state index in [4.69, 9.17) is 0 Å². The first-order chi connectivity index (χ1) is 14.0. The third-order valence-electron chi connectivity index (χ3n) is 11.1. The van der Waals surface area contributed by atoms with Gasteiger partial charge in [-0.15, -0.1) is 0 Å². The van der Waals surface area contributed by atoms with Crippen molar-refractivity contribution in [3.8, 4) is 0 Å². The van der Waals surface area contributed by atoms with Crippen molar-refractivity contribution in [2.45, 2.75) is 82.7 Å². The molecule has 9 aliphatic rings. The van der Waals surface area contributed by atoms with Gasteiger partial charge in [0.25, 0.3) is 0 Å². The Hall–Kier alpha value is -0.890.